The fourth-order valence-corrected chi connectivity index (χ4v) is 1.19. The Kier molecular flexibility index (Phi) is 3.09. The molecule has 1 aromatic rings. The number of hydrogen-bond donors (Lipinski definition) is 3. The Balaban J connectivity index is 3.14. The van der Waals surface area contributed by atoms with E-state index < -0.39 is 5.97 Å². The number of carboxylic acid groups (broad SMARTS) is 1. The van der Waals surface area contributed by atoms with E-state index in [1.807, 2.05) is 6.92 Å². The van der Waals surface area contributed by atoms with Gasteiger partial charge < -0.3 is 15.5 Å². The van der Waals surface area contributed by atoms with Crippen LogP contribution in [0.15, 0.2) is 18.2 Å². The summed E-state index contributed by atoms with van der Waals surface area (Å²) in [6.45, 7) is 1.85. The average molecular weight is 195 g/mol. The molecule has 4 heteroatoms. The number of nitrogens with one attached hydrogen (secondary N) is 1. The Hall–Kier alpha value is -1.55. The van der Waals surface area contributed by atoms with Gasteiger partial charge in [-0.3, -0.25) is 0 Å². The largest absolute Gasteiger partial charge is 0.508 e. The van der Waals surface area contributed by atoms with Crippen molar-refractivity contribution in [2.45, 2.75) is 13.0 Å². The molecule has 0 bridgehead atoms. The predicted octanol–water partition coefficient (Wildman–Crippen LogP) is 1.37. The van der Waals surface area contributed by atoms with Crippen molar-refractivity contribution in [1.29, 1.82) is 0 Å². The highest BCUT2D eigenvalue weighted by Gasteiger charge is 2.11. The first-order valence-corrected chi connectivity index (χ1v) is 4.29. The number of aromatic hydroxyl groups is 1. The zero-order chi connectivity index (χ0) is 10.7. The van der Waals surface area contributed by atoms with E-state index in [4.69, 9.17) is 5.11 Å². The summed E-state index contributed by atoms with van der Waals surface area (Å²) < 4.78 is 0. The highest BCUT2D eigenvalue weighted by Crippen LogP contribution is 2.24. The number of benzene rings is 1. The lowest BCUT2D eigenvalue weighted by molar-refractivity contribution is 0.0696. The minimum Gasteiger partial charge on any atom is -0.508 e. The van der Waals surface area contributed by atoms with Crippen LogP contribution in [0.1, 0.15) is 28.9 Å². The third kappa shape index (κ3) is 2.03. The highest BCUT2D eigenvalue weighted by molar-refractivity contribution is 5.88. The molecule has 3 N–H and O–H groups in total. The standard InChI is InChI=1S/C10H13NO3/c1-6(11-2)8-5-7(10(13)14)3-4-9(8)12/h3-6,11-12H,1-2H3,(H,13,14)/t6-/m0/s1. The molecule has 76 valence electrons. The van der Waals surface area contributed by atoms with Crippen molar-refractivity contribution in [3.05, 3.63) is 29.3 Å². The first-order chi connectivity index (χ1) is 6.56. The van der Waals surface area contributed by atoms with Crippen LogP contribution in [-0.2, 0) is 0 Å². The van der Waals surface area contributed by atoms with E-state index in [9.17, 15) is 9.90 Å². The zero-order valence-electron chi connectivity index (χ0n) is 8.11. The van der Waals surface area contributed by atoms with Crippen LogP contribution in [0.5, 0.6) is 5.75 Å². The van der Waals surface area contributed by atoms with Crippen LogP contribution in [0, 0.1) is 0 Å². The van der Waals surface area contributed by atoms with Gasteiger partial charge in [-0.2, -0.15) is 0 Å². The van der Waals surface area contributed by atoms with E-state index in [1.165, 1.54) is 18.2 Å². The maximum Gasteiger partial charge on any atom is 0.335 e. The number of aromatic carboxylic acids is 1. The van der Waals surface area contributed by atoms with E-state index in [2.05, 4.69) is 5.32 Å². The second-order valence-corrected chi connectivity index (χ2v) is 3.09. The Labute approximate surface area is 82.2 Å². The third-order valence-electron chi connectivity index (χ3n) is 2.17. The van der Waals surface area contributed by atoms with Gasteiger partial charge in [0.15, 0.2) is 0 Å². The first kappa shape index (κ1) is 10.5. The Bertz CT molecular complexity index is 349. The second kappa shape index (κ2) is 4.11. The third-order valence-corrected chi connectivity index (χ3v) is 2.17. The van der Waals surface area contributed by atoms with Gasteiger partial charge in [-0.1, -0.05) is 0 Å². The van der Waals surface area contributed by atoms with Gasteiger partial charge in [0.2, 0.25) is 0 Å². The summed E-state index contributed by atoms with van der Waals surface area (Å²) in [4.78, 5) is 10.7. The molecular weight excluding hydrogens is 182 g/mol. The SMILES string of the molecule is CN[C@@H](C)c1cc(C(=O)O)ccc1O. The van der Waals surface area contributed by atoms with Gasteiger partial charge in [0.25, 0.3) is 0 Å². The normalized spacial score (nSPS) is 12.4. The lowest BCUT2D eigenvalue weighted by Crippen LogP contribution is -2.13. The molecule has 0 spiro atoms. The lowest BCUT2D eigenvalue weighted by atomic mass is 10.0. The molecule has 0 aliphatic heterocycles. The van der Waals surface area contributed by atoms with E-state index in [1.54, 1.807) is 7.05 Å². The Morgan fingerprint density at radius 2 is 2.14 bits per heavy atom. The number of carbonyl (C=O) groups is 1. The molecule has 0 aromatic heterocycles. The number of hydrogen-bond acceptors (Lipinski definition) is 3. The van der Waals surface area contributed by atoms with Gasteiger partial charge in [0.1, 0.15) is 5.75 Å². The maximum atomic E-state index is 10.7. The van der Waals surface area contributed by atoms with E-state index >= 15 is 0 Å². The molecule has 0 radical (unpaired) electrons. The molecule has 0 amide bonds. The van der Waals surface area contributed by atoms with Crippen molar-refractivity contribution >= 4 is 5.97 Å². The summed E-state index contributed by atoms with van der Waals surface area (Å²) in [7, 11) is 1.75. The molecule has 1 aromatic carbocycles. The van der Waals surface area contributed by atoms with Crippen LogP contribution in [0.25, 0.3) is 0 Å². The molecule has 0 aliphatic carbocycles. The van der Waals surface area contributed by atoms with Crippen LogP contribution in [0.2, 0.25) is 0 Å². The van der Waals surface area contributed by atoms with E-state index in [0.717, 1.165) is 0 Å². The number of phenolic OH excluding ortho intramolecular Hbond substituents is 1. The van der Waals surface area contributed by atoms with Crippen LogP contribution in [0.3, 0.4) is 0 Å². The van der Waals surface area contributed by atoms with Crippen molar-refractivity contribution in [2.24, 2.45) is 0 Å². The van der Waals surface area contributed by atoms with Crippen LogP contribution >= 0.6 is 0 Å². The minimum atomic E-state index is -0.991. The summed E-state index contributed by atoms with van der Waals surface area (Å²) in [5.74, 6) is -0.883. The molecule has 0 aliphatic rings. The molecule has 0 fully saturated rings. The molecule has 14 heavy (non-hydrogen) atoms. The van der Waals surface area contributed by atoms with Crippen LogP contribution < -0.4 is 5.32 Å². The Morgan fingerprint density at radius 3 is 2.64 bits per heavy atom. The van der Waals surface area contributed by atoms with Gasteiger partial charge in [-0.25, -0.2) is 4.79 Å². The molecule has 0 heterocycles. The molecule has 1 rings (SSSR count). The fraction of sp³-hybridized carbons (Fsp3) is 0.300. The Morgan fingerprint density at radius 1 is 1.50 bits per heavy atom. The second-order valence-electron chi connectivity index (χ2n) is 3.09. The number of carboxylic acids is 1. The number of rotatable bonds is 3. The van der Waals surface area contributed by atoms with Crippen LogP contribution in [-0.4, -0.2) is 23.2 Å². The molecule has 0 saturated heterocycles. The van der Waals surface area contributed by atoms with Gasteiger partial charge in [-0.05, 0) is 32.2 Å². The number of phenols is 1. The zero-order valence-corrected chi connectivity index (χ0v) is 8.11. The summed E-state index contributed by atoms with van der Waals surface area (Å²) in [5.41, 5.74) is 0.771. The van der Waals surface area contributed by atoms with Crippen molar-refractivity contribution < 1.29 is 15.0 Å². The predicted molar refractivity (Wildman–Crippen MR) is 52.5 cm³/mol. The molecule has 0 unspecified atom stereocenters. The van der Waals surface area contributed by atoms with Crippen molar-refractivity contribution in [3.8, 4) is 5.75 Å². The van der Waals surface area contributed by atoms with Crippen molar-refractivity contribution in [2.75, 3.05) is 7.05 Å². The molecular formula is C10H13NO3. The molecule has 4 nitrogen and oxygen atoms in total. The van der Waals surface area contributed by atoms with Crippen LogP contribution in [0.4, 0.5) is 0 Å². The van der Waals surface area contributed by atoms with Gasteiger partial charge in [-0.15, -0.1) is 0 Å². The summed E-state index contributed by atoms with van der Waals surface area (Å²) in [6, 6.07) is 4.17. The van der Waals surface area contributed by atoms with Crippen molar-refractivity contribution in [3.63, 3.8) is 0 Å². The maximum absolute atomic E-state index is 10.7. The summed E-state index contributed by atoms with van der Waals surface area (Å²) >= 11 is 0. The smallest absolute Gasteiger partial charge is 0.335 e. The fourth-order valence-electron chi connectivity index (χ4n) is 1.19. The monoisotopic (exact) mass is 195 g/mol. The van der Waals surface area contributed by atoms with Crippen molar-refractivity contribution in [1.82, 2.24) is 5.32 Å². The van der Waals surface area contributed by atoms with Gasteiger partial charge in [0, 0.05) is 11.6 Å². The molecule has 1 atom stereocenters. The van der Waals surface area contributed by atoms with E-state index in [0.29, 0.717) is 5.56 Å². The summed E-state index contributed by atoms with van der Waals surface area (Å²) in [6.07, 6.45) is 0. The lowest BCUT2D eigenvalue weighted by Gasteiger charge is -2.12. The minimum absolute atomic E-state index is 0.0747. The topological polar surface area (TPSA) is 69.6 Å². The quantitative estimate of drug-likeness (QED) is 0.681. The first-order valence-electron chi connectivity index (χ1n) is 4.29. The summed E-state index contributed by atoms with van der Waals surface area (Å²) in [5, 5.41) is 21.2. The highest BCUT2D eigenvalue weighted by atomic mass is 16.4. The molecule has 0 saturated carbocycles. The average Bonchev–Trinajstić information content (AvgIpc) is 2.17. The van der Waals surface area contributed by atoms with Gasteiger partial charge >= 0.3 is 5.97 Å². The van der Waals surface area contributed by atoms with Gasteiger partial charge in [0.05, 0.1) is 5.56 Å². The van der Waals surface area contributed by atoms with E-state index in [-0.39, 0.29) is 17.4 Å².